The highest BCUT2D eigenvalue weighted by Crippen LogP contribution is 2.28. The molecule has 104 valence electrons. The molecule has 0 saturated heterocycles. The van der Waals surface area contributed by atoms with E-state index < -0.39 is 11.5 Å². The Morgan fingerprint density at radius 3 is 2.35 bits per heavy atom. The summed E-state index contributed by atoms with van der Waals surface area (Å²) in [5.74, 6) is -0.957. The highest BCUT2D eigenvalue weighted by atomic mass is 35.5. The molecule has 0 spiro atoms. The van der Waals surface area contributed by atoms with Gasteiger partial charge in [0.15, 0.2) is 0 Å². The van der Waals surface area contributed by atoms with Crippen LogP contribution in [0.2, 0.25) is 5.02 Å². The van der Waals surface area contributed by atoms with E-state index in [9.17, 15) is 9.90 Å². The van der Waals surface area contributed by atoms with Crippen molar-refractivity contribution in [3.8, 4) is 0 Å². The molecule has 0 saturated carbocycles. The molecule has 0 aliphatic rings. The highest BCUT2D eigenvalue weighted by molar-refractivity contribution is 6.31. The van der Waals surface area contributed by atoms with Crippen molar-refractivity contribution in [3.05, 3.63) is 70.7 Å². The average molecular weight is 290 g/mol. The van der Waals surface area contributed by atoms with Crippen molar-refractivity contribution in [2.24, 2.45) is 0 Å². The van der Waals surface area contributed by atoms with Crippen LogP contribution in [0.1, 0.15) is 18.1 Å². The third kappa shape index (κ3) is 3.00. The molecule has 3 nitrogen and oxygen atoms in total. The highest BCUT2D eigenvalue weighted by Gasteiger charge is 2.36. The minimum atomic E-state index is -1.23. The van der Waals surface area contributed by atoms with Gasteiger partial charge < -0.3 is 5.11 Å². The molecule has 0 heterocycles. The lowest BCUT2D eigenvalue weighted by molar-refractivity contribution is -0.144. The van der Waals surface area contributed by atoms with Crippen LogP contribution >= 0.6 is 11.6 Å². The predicted molar refractivity (Wildman–Crippen MR) is 79.7 cm³/mol. The summed E-state index contributed by atoms with van der Waals surface area (Å²) in [4.78, 5) is 11.7. The Morgan fingerprint density at radius 2 is 1.75 bits per heavy atom. The van der Waals surface area contributed by atoms with Crippen LogP contribution in [0.15, 0.2) is 54.6 Å². The quantitative estimate of drug-likeness (QED) is 0.886. The number of halogens is 1. The minimum absolute atomic E-state index is 0.443. The fourth-order valence-corrected chi connectivity index (χ4v) is 2.35. The van der Waals surface area contributed by atoms with Gasteiger partial charge in [0.1, 0.15) is 5.54 Å². The Labute approximate surface area is 123 Å². The topological polar surface area (TPSA) is 49.3 Å². The van der Waals surface area contributed by atoms with Crippen molar-refractivity contribution in [3.63, 3.8) is 0 Å². The number of nitrogens with one attached hydrogen (secondary N) is 1. The van der Waals surface area contributed by atoms with Crippen LogP contribution in [0.25, 0.3) is 0 Å². The molecule has 0 radical (unpaired) electrons. The van der Waals surface area contributed by atoms with Crippen LogP contribution in [0.3, 0.4) is 0 Å². The number of rotatable bonds is 5. The maximum Gasteiger partial charge on any atom is 0.328 e. The maximum atomic E-state index is 11.7. The van der Waals surface area contributed by atoms with Gasteiger partial charge in [-0.3, -0.25) is 5.32 Å². The Hall–Kier alpha value is -1.84. The SMILES string of the molecule is CC(NCc1ccccc1)(C(=O)O)c1ccccc1Cl. The van der Waals surface area contributed by atoms with Crippen molar-refractivity contribution in [1.29, 1.82) is 0 Å². The van der Waals surface area contributed by atoms with E-state index in [0.29, 0.717) is 17.1 Å². The molecule has 0 aromatic heterocycles. The largest absolute Gasteiger partial charge is 0.480 e. The number of carboxylic acids is 1. The van der Waals surface area contributed by atoms with Crippen molar-refractivity contribution >= 4 is 17.6 Å². The third-order valence-corrected chi connectivity index (χ3v) is 3.66. The summed E-state index contributed by atoms with van der Waals surface area (Å²) in [7, 11) is 0. The molecule has 0 aliphatic carbocycles. The van der Waals surface area contributed by atoms with Crippen LogP contribution < -0.4 is 5.32 Å². The van der Waals surface area contributed by atoms with Gasteiger partial charge in [-0.2, -0.15) is 0 Å². The van der Waals surface area contributed by atoms with Gasteiger partial charge in [0.05, 0.1) is 0 Å². The predicted octanol–water partition coefficient (Wildman–Crippen LogP) is 3.43. The van der Waals surface area contributed by atoms with E-state index in [1.165, 1.54) is 0 Å². The number of hydrogen-bond donors (Lipinski definition) is 2. The number of carboxylic acid groups (broad SMARTS) is 1. The molecule has 0 bridgehead atoms. The summed E-state index contributed by atoms with van der Waals surface area (Å²) in [5, 5.41) is 13.1. The lowest BCUT2D eigenvalue weighted by Gasteiger charge is -2.28. The van der Waals surface area contributed by atoms with Gasteiger partial charge >= 0.3 is 5.97 Å². The van der Waals surface area contributed by atoms with E-state index in [2.05, 4.69) is 5.32 Å². The third-order valence-electron chi connectivity index (χ3n) is 3.33. The van der Waals surface area contributed by atoms with E-state index in [4.69, 9.17) is 11.6 Å². The molecular weight excluding hydrogens is 274 g/mol. The average Bonchev–Trinajstić information content (AvgIpc) is 2.46. The Bertz CT molecular complexity index is 600. The van der Waals surface area contributed by atoms with Crippen LogP contribution in [0.5, 0.6) is 0 Å². The Kier molecular flexibility index (Phi) is 4.42. The molecule has 2 N–H and O–H groups in total. The standard InChI is InChI=1S/C16H16ClNO2/c1-16(15(19)20,13-9-5-6-10-14(13)17)18-11-12-7-3-2-4-8-12/h2-10,18H,11H2,1H3,(H,19,20). The zero-order valence-electron chi connectivity index (χ0n) is 11.1. The van der Waals surface area contributed by atoms with Crippen molar-refractivity contribution in [2.45, 2.75) is 19.0 Å². The van der Waals surface area contributed by atoms with Gasteiger partial charge in [-0.15, -0.1) is 0 Å². The smallest absolute Gasteiger partial charge is 0.328 e. The molecular formula is C16H16ClNO2. The summed E-state index contributed by atoms with van der Waals surface area (Å²) in [5.41, 5.74) is 0.353. The zero-order chi connectivity index (χ0) is 14.6. The van der Waals surface area contributed by atoms with Crippen molar-refractivity contribution in [1.82, 2.24) is 5.32 Å². The lowest BCUT2D eigenvalue weighted by atomic mass is 9.91. The summed E-state index contributed by atoms with van der Waals surface area (Å²) in [6, 6.07) is 16.7. The molecule has 0 fully saturated rings. The fraction of sp³-hybridized carbons (Fsp3) is 0.188. The van der Waals surface area contributed by atoms with Crippen LogP contribution in [-0.2, 0) is 16.9 Å². The van der Waals surface area contributed by atoms with Crippen LogP contribution in [0, 0.1) is 0 Å². The summed E-state index contributed by atoms with van der Waals surface area (Å²) >= 11 is 6.13. The van der Waals surface area contributed by atoms with E-state index in [0.717, 1.165) is 5.56 Å². The monoisotopic (exact) mass is 289 g/mol. The van der Waals surface area contributed by atoms with Crippen molar-refractivity contribution < 1.29 is 9.90 Å². The molecule has 0 aliphatic heterocycles. The molecule has 4 heteroatoms. The van der Waals surface area contributed by atoms with E-state index in [1.807, 2.05) is 30.3 Å². The van der Waals surface area contributed by atoms with Crippen molar-refractivity contribution in [2.75, 3.05) is 0 Å². The first-order valence-electron chi connectivity index (χ1n) is 6.31. The van der Waals surface area contributed by atoms with Gasteiger partial charge in [-0.1, -0.05) is 60.1 Å². The molecule has 2 rings (SSSR count). The number of benzene rings is 2. The molecule has 2 aromatic carbocycles. The normalized spacial score (nSPS) is 13.7. The summed E-state index contributed by atoms with van der Waals surface area (Å²) in [6.45, 7) is 2.08. The molecule has 2 aromatic rings. The van der Waals surface area contributed by atoms with Gasteiger partial charge in [0, 0.05) is 17.1 Å². The first-order valence-corrected chi connectivity index (χ1v) is 6.69. The van der Waals surface area contributed by atoms with E-state index >= 15 is 0 Å². The second kappa shape index (κ2) is 6.07. The van der Waals surface area contributed by atoms with Gasteiger partial charge in [-0.25, -0.2) is 4.79 Å². The summed E-state index contributed by atoms with van der Waals surface area (Å²) in [6.07, 6.45) is 0. The zero-order valence-corrected chi connectivity index (χ0v) is 11.9. The van der Waals surface area contributed by atoms with Gasteiger partial charge in [-0.05, 0) is 18.6 Å². The van der Waals surface area contributed by atoms with E-state index in [1.54, 1.807) is 31.2 Å². The Balaban J connectivity index is 2.27. The summed E-state index contributed by atoms with van der Waals surface area (Å²) < 4.78 is 0. The van der Waals surface area contributed by atoms with Crippen LogP contribution in [-0.4, -0.2) is 11.1 Å². The number of hydrogen-bond acceptors (Lipinski definition) is 2. The number of aliphatic carboxylic acids is 1. The molecule has 1 unspecified atom stereocenters. The first-order chi connectivity index (χ1) is 9.54. The molecule has 20 heavy (non-hydrogen) atoms. The first kappa shape index (κ1) is 14.6. The fourth-order valence-electron chi connectivity index (χ4n) is 2.03. The van der Waals surface area contributed by atoms with Gasteiger partial charge in [0.2, 0.25) is 0 Å². The van der Waals surface area contributed by atoms with Gasteiger partial charge in [0.25, 0.3) is 0 Å². The number of carbonyl (C=O) groups is 1. The lowest BCUT2D eigenvalue weighted by Crippen LogP contribution is -2.46. The minimum Gasteiger partial charge on any atom is -0.480 e. The molecule has 1 atom stereocenters. The van der Waals surface area contributed by atoms with Crippen LogP contribution in [0.4, 0.5) is 0 Å². The molecule has 0 amide bonds. The second-order valence-electron chi connectivity index (χ2n) is 4.75. The Morgan fingerprint density at radius 1 is 1.15 bits per heavy atom. The van der Waals surface area contributed by atoms with E-state index in [-0.39, 0.29) is 0 Å². The second-order valence-corrected chi connectivity index (χ2v) is 5.16. The maximum absolute atomic E-state index is 11.7.